The number of hydrogen-bond acceptors (Lipinski definition) is 2. The number of aromatic nitrogens is 2. The van der Waals surface area contributed by atoms with Gasteiger partial charge in [-0.1, -0.05) is 15.9 Å². The number of imidazole rings is 1. The van der Waals surface area contributed by atoms with E-state index in [1.165, 1.54) is 0 Å². The van der Waals surface area contributed by atoms with Gasteiger partial charge in [0.1, 0.15) is 0 Å². The lowest BCUT2D eigenvalue weighted by Gasteiger charge is -2.06. The summed E-state index contributed by atoms with van der Waals surface area (Å²) < 4.78 is 3.31. The highest BCUT2D eigenvalue weighted by Crippen LogP contribution is 2.33. The maximum Gasteiger partial charge on any atom is 0.328 e. The van der Waals surface area contributed by atoms with Gasteiger partial charge in [0.2, 0.25) is 0 Å². The van der Waals surface area contributed by atoms with Crippen molar-refractivity contribution in [3.05, 3.63) is 22.9 Å². The number of nitrogens with zero attached hydrogens (tertiary/aromatic N) is 2. The summed E-state index contributed by atoms with van der Waals surface area (Å²) in [5.41, 5.74) is -0.00694. The van der Waals surface area contributed by atoms with E-state index < -0.39 is 6.10 Å². The molecule has 1 saturated carbocycles. The minimum Gasteiger partial charge on any atom is -0.390 e. The zero-order valence-electron chi connectivity index (χ0n) is 7.77. The second-order valence-corrected chi connectivity index (χ2v) is 4.33. The van der Waals surface area contributed by atoms with Gasteiger partial charge in [-0.15, -0.1) is 0 Å². The van der Waals surface area contributed by atoms with Crippen LogP contribution in [0.1, 0.15) is 18.9 Å². The van der Waals surface area contributed by atoms with Crippen molar-refractivity contribution in [1.82, 2.24) is 9.13 Å². The Morgan fingerprint density at radius 3 is 2.86 bits per heavy atom. The highest BCUT2D eigenvalue weighted by Gasteiger charge is 2.25. The fraction of sp³-hybridized carbons (Fsp3) is 0.667. The third-order valence-corrected chi connectivity index (χ3v) is 3.15. The van der Waals surface area contributed by atoms with Gasteiger partial charge in [0.25, 0.3) is 0 Å². The fourth-order valence-electron chi connectivity index (χ4n) is 1.47. The molecule has 1 fully saturated rings. The lowest BCUT2D eigenvalue weighted by molar-refractivity contribution is 0.177. The third-order valence-electron chi connectivity index (χ3n) is 2.40. The summed E-state index contributed by atoms with van der Waals surface area (Å²) in [5.74, 6) is 0. The smallest absolute Gasteiger partial charge is 0.328 e. The Morgan fingerprint density at radius 2 is 2.29 bits per heavy atom. The molecule has 4 nitrogen and oxygen atoms in total. The van der Waals surface area contributed by atoms with Crippen LogP contribution in [0.2, 0.25) is 0 Å². The van der Waals surface area contributed by atoms with Gasteiger partial charge in [0.05, 0.1) is 12.6 Å². The number of hydrogen-bond donors (Lipinski definition) is 1. The molecule has 78 valence electrons. The van der Waals surface area contributed by atoms with Gasteiger partial charge in [0.15, 0.2) is 0 Å². The Labute approximate surface area is 90.3 Å². The average molecular weight is 261 g/mol. The van der Waals surface area contributed by atoms with Crippen LogP contribution in [0.15, 0.2) is 17.2 Å². The first-order valence-electron chi connectivity index (χ1n) is 4.73. The van der Waals surface area contributed by atoms with Crippen LogP contribution in [0.3, 0.4) is 0 Å². The van der Waals surface area contributed by atoms with Crippen molar-refractivity contribution in [2.75, 3.05) is 5.33 Å². The van der Waals surface area contributed by atoms with Gasteiger partial charge >= 0.3 is 5.69 Å². The van der Waals surface area contributed by atoms with Crippen molar-refractivity contribution in [2.24, 2.45) is 0 Å². The maximum absolute atomic E-state index is 11.7. The minimum atomic E-state index is -0.497. The minimum absolute atomic E-state index is 0.00694. The summed E-state index contributed by atoms with van der Waals surface area (Å²) in [7, 11) is 0. The number of rotatable bonds is 4. The highest BCUT2D eigenvalue weighted by molar-refractivity contribution is 9.09. The first-order chi connectivity index (χ1) is 6.72. The summed E-state index contributed by atoms with van der Waals surface area (Å²) >= 11 is 3.17. The Hall–Kier alpha value is -0.550. The van der Waals surface area contributed by atoms with Crippen LogP contribution in [0.5, 0.6) is 0 Å². The van der Waals surface area contributed by atoms with E-state index in [9.17, 15) is 9.90 Å². The zero-order chi connectivity index (χ0) is 10.1. The Bertz CT molecular complexity index is 367. The molecule has 1 aliphatic rings. The van der Waals surface area contributed by atoms with Crippen molar-refractivity contribution in [3.63, 3.8) is 0 Å². The predicted molar refractivity (Wildman–Crippen MR) is 56.8 cm³/mol. The van der Waals surface area contributed by atoms with E-state index in [4.69, 9.17) is 0 Å². The maximum atomic E-state index is 11.7. The van der Waals surface area contributed by atoms with Crippen molar-refractivity contribution >= 4 is 15.9 Å². The number of alkyl halides is 1. The molecule has 0 amide bonds. The van der Waals surface area contributed by atoms with Crippen LogP contribution in [-0.4, -0.2) is 25.7 Å². The Kier molecular flexibility index (Phi) is 2.78. The first kappa shape index (κ1) is 9.98. The van der Waals surface area contributed by atoms with Crippen LogP contribution in [0.25, 0.3) is 0 Å². The molecule has 1 aromatic heterocycles. The number of aliphatic hydroxyl groups excluding tert-OH is 1. The van der Waals surface area contributed by atoms with Gasteiger partial charge in [-0.2, -0.15) is 0 Å². The SMILES string of the molecule is O=c1n(CC(O)CBr)ccn1C1CC1. The molecule has 1 heterocycles. The molecule has 0 spiro atoms. The largest absolute Gasteiger partial charge is 0.390 e. The van der Waals surface area contributed by atoms with E-state index >= 15 is 0 Å². The molecule has 0 saturated heterocycles. The molecule has 1 unspecified atom stereocenters. The fourth-order valence-corrected chi connectivity index (χ4v) is 1.68. The number of halogens is 1. The molecule has 0 bridgehead atoms. The molecule has 1 aromatic rings. The molecule has 1 atom stereocenters. The molecule has 5 heteroatoms. The third kappa shape index (κ3) is 1.93. The van der Waals surface area contributed by atoms with Gasteiger partial charge in [0, 0.05) is 23.8 Å². The average Bonchev–Trinajstić information content (AvgIpc) is 2.95. The Morgan fingerprint density at radius 1 is 1.57 bits per heavy atom. The van der Waals surface area contributed by atoms with Gasteiger partial charge < -0.3 is 5.11 Å². The summed E-state index contributed by atoms with van der Waals surface area (Å²) in [5, 5.41) is 9.88. The standard InChI is InChI=1S/C9H13BrN2O2/c10-5-8(13)6-11-3-4-12(9(11)14)7-1-2-7/h3-4,7-8,13H,1-2,5-6H2. The van der Waals surface area contributed by atoms with Crippen LogP contribution in [0, 0.1) is 0 Å². The van der Waals surface area contributed by atoms with Crippen molar-refractivity contribution in [2.45, 2.75) is 31.5 Å². The van der Waals surface area contributed by atoms with Crippen molar-refractivity contribution < 1.29 is 5.11 Å². The second kappa shape index (κ2) is 3.90. The van der Waals surface area contributed by atoms with E-state index in [1.54, 1.807) is 21.5 Å². The van der Waals surface area contributed by atoms with Crippen LogP contribution < -0.4 is 5.69 Å². The van der Waals surface area contributed by atoms with Crippen LogP contribution in [0.4, 0.5) is 0 Å². The predicted octanol–water partition coefficient (Wildman–Crippen LogP) is 0.740. The second-order valence-electron chi connectivity index (χ2n) is 3.68. The molecular formula is C9H13BrN2O2. The molecule has 14 heavy (non-hydrogen) atoms. The molecule has 0 aromatic carbocycles. The van der Waals surface area contributed by atoms with E-state index in [0.717, 1.165) is 12.8 Å². The van der Waals surface area contributed by atoms with E-state index in [-0.39, 0.29) is 5.69 Å². The van der Waals surface area contributed by atoms with E-state index in [1.807, 2.05) is 0 Å². The summed E-state index contributed by atoms with van der Waals surface area (Å²) in [6.07, 6.45) is 5.26. The topological polar surface area (TPSA) is 47.2 Å². The summed E-state index contributed by atoms with van der Waals surface area (Å²) in [6.45, 7) is 0.365. The molecule has 1 N–H and O–H groups in total. The first-order valence-corrected chi connectivity index (χ1v) is 5.86. The molecule has 0 aliphatic heterocycles. The Balaban J connectivity index is 2.14. The van der Waals surface area contributed by atoms with Gasteiger partial charge in [-0.05, 0) is 12.8 Å². The number of aliphatic hydroxyl groups is 1. The molecule has 1 aliphatic carbocycles. The van der Waals surface area contributed by atoms with E-state index in [0.29, 0.717) is 17.9 Å². The molecule has 2 rings (SSSR count). The van der Waals surface area contributed by atoms with Gasteiger partial charge in [-0.3, -0.25) is 9.13 Å². The summed E-state index contributed by atoms with van der Waals surface area (Å²) in [4.78, 5) is 11.7. The van der Waals surface area contributed by atoms with Crippen molar-refractivity contribution in [1.29, 1.82) is 0 Å². The zero-order valence-corrected chi connectivity index (χ0v) is 9.35. The lowest BCUT2D eigenvalue weighted by Crippen LogP contribution is -2.28. The molecule has 0 radical (unpaired) electrons. The monoisotopic (exact) mass is 260 g/mol. The summed E-state index contributed by atoms with van der Waals surface area (Å²) in [6, 6.07) is 0.407. The quantitative estimate of drug-likeness (QED) is 0.812. The van der Waals surface area contributed by atoms with Crippen LogP contribution in [-0.2, 0) is 6.54 Å². The van der Waals surface area contributed by atoms with Gasteiger partial charge in [-0.25, -0.2) is 4.79 Å². The van der Waals surface area contributed by atoms with Crippen LogP contribution >= 0.6 is 15.9 Å². The highest BCUT2D eigenvalue weighted by atomic mass is 79.9. The normalized spacial score (nSPS) is 18.4. The molecular weight excluding hydrogens is 248 g/mol. The van der Waals surface area contributed by atoms with E-state index in [2.05, 4.69) is 15.9 Å². The van der Waals surface area contributed by atoms with Crippen molar-refractivity contribution in [3.8, 4) is 0 Å². The lowest BCUT2D eigenvalue weighted by atomic mass is 10.4.